The molecule has 1 heterocycles. The summed E-state index contributed by atoms with van der Waals surface area (Å²) in [5, 5.41) is 10.2. The molecule has 1 saturated heterocycles. The zero-order chi connectivity index (χ0) is 18.4. The van der Waals surface area contributed by atoms with Crippen molar-refractivity contribution in [3.8, 4) is 11.5 Å². The molecule has 1 atom stereocenters. The van der Waals surface area contributed by atoms with Gasteiger partial charge in [0.25, 0.3) is 0 Å². The molecule has 0 radical (unpaired) electrons. The molecule has 140 valence electrons. The van der Waals surface area contributed by atoms with Crippen LogP contribution in [0.25, 0.3) is 0 Å². The van der Waals surface area contributed by atoms with Gasteiger partial charge in [-0.1, -0.05) is 12.1 Å². The fourth-order valence-corrected chi connectivity index (χ4v) is 3.42. The minimum Gasteiger partial charge on any atom is -0.497 e. The molecule has 0 bridgehead atoms. The molecule has 0 amide bonds. The van der Waals surface area contributed by atoms with E-state index in [0.717, 1.165) is 31.7 Å². The van der Waals surface area contributed by atoms with Crippen LogP contribution in [0.5, 0.6) is 11.5 Å². The second-order valence-electron chi connectivity index (χ2n) is 6.77. The molecule has 1 fully saturated rings. The van der Waals surface area contributed by atoms with Crippen molar-refractivity contribution >= 4 is 0 Å². The maximum Gasteiger partial charge on any atom is 0.123 e. The van der Waals surface area contributed by atoms with E-state index in [2.05, 4.69) is 17.0 Å². The lowest BCUT2D eigenvalue weighted by molar-refractivity contribution is 0.0594. The summed E-state index contributed by atoms with van der Waals surface area (Å²) in [6.45, 7) is 2.71. The first kappa shape index (κ1) is 18.7. The Hall–Kier alpha value is -2.11. The summed E-state index contributed by atoms with van der Waals surface area (Å²) in [5.74, 6) is 1.71. The van der Waals surface area contributed by atoms with Gasteiger partial charge in [0.05, 0.1) is 7.11 Å². The number of piperidine rings is 1. The fourth-order valence-electron chi connectivity index (χ4n) is 3.42. The number of ether oxygens (including phenoxy) is 2. The van der Waals surface area contributed by atoms with E-state index in [-0.39, 0.29) is 12.4 Å². The molecule has 1 aliphatic heterocycles. The Morgan fingerprint density at radius 3 is 2.54 bits per heavy atom. The summed E-state index contributed by atoms with van der Waals surface area (Å²) < 4.78 is 23.7. The summed E-state index contributed by atoms with van der Waals surface area (Å²) >= 11 is 0. The molecule has 5 heteroatoms. The van der Waals surface area contributed by atoms with Crippen molar-refractivity contribution in [1.82, 2.24) is 4.90 Å². The number of halogens is 1. The van der Waals surface area contributed by atoms with Crippen molar-refractivity contribution < 1.29 is 19.0 Å². The molecule has 1 N–H and O–H groups in total. The van der Waals surface area contributed by atoms with E-state index >= 15 is 0 Å². The average Bonchev–Trinajstić information content (AvgIpc) is 2.68. The van der Waals surface area contributed by atoms with Crippen LogP contribution in [-0.2, 0) is 0 Å². The third kappa shape index (κ3) is 5.19. The smallest absolute Gasteiger partial charge is 0.123 e. The van der Waals surface area contributed by atoms with Crippen molar-refractivity contribution in [2.45, 2.75) is 24.9 Å². The maximum absolute atomic E-state index is 12.9. The molecule has 0 aromatic heterocycles. The second-order valence-corrected chi connectivity index (χ2v) is 6.77. The highest BCUT2D eigenvalue weighted by Crippen LogP contribution is 2.30. The van der Waals surface area contributed by atoms with Crippen LogP contribution in [0.2, 0.25) is 0 Å². The van der Waals surface area contributed by atoms with Crippen molar-refractivity contribution in [3.05, 3.63) is 59.9 Å². The van der Waals surface area contributed by atoms with E-state index in [4.69, 9.17) is 9.47 Å². The molecule has 3 rings (SSSR count). The number of nitrogens with zero attached hydrogens (tertiary/aromatic N) is 1. The molecular weight excluding hydrogens is 333 g/mol. The van der Waals surface area contributed by atoms with Crippen molar-refractivity contribution in [2.24, 2.45) is 0 Å². The Kier molecular flexibility index (Phi) is 6.47. The van der Waals surface area contributed by atoms with Crippen molar-refractivity contribution in [2.75, 3.05) is 33.4 Å². The largest absolute Gasteiger partial charge is 0.497 e. The van der Waals surface area contributed by atoms with Crippen LogP contribution in [0.4, 0.5) is 4.39 Å². The number of benzene rings is 2. The molecule has 0 unspecified atom stereocenters. The number of aliphatic hydroxyl groups excluding tert-OH is 1. The third-order valence-electron chi connectivity index (χ3n) is 4.88. The van der Waals surface area contributed by atoms with Gasteiger partial charge in [-0.3, -0.25) is 0 Å². The Morgan fingerprint density at radius 2 is 1.85 bits per heavy atom. The first-order chi connectivity index (χ1) is 12.6. The van der Waals surface area contributed by atoms with Crippen LogP contribution in [0.15, 0.2) is 48.5 Å². The number of rotatable bonds is 7. The number of likely N-dealkylation sites (tertiary alicyclic amines) is 1. The predicted molar refractivity (Wildman–Crippen MR) is 99.3 cm³/mol. The topological polar surface area (TPSA) is 41.9 Å². The van der Waals surface area contributed by atoms with E-state index in [0.29, 0.717) is 18.2 Å². The van der Waals surface area contributed by atoms with Crippen LogP contribution in [0.1, 0.15) is 24.3 Å². The van der Waals surface area contributed by atoms with Crippen LogP contribution in [0, 0.1) is 5.82 Å². The predicted octanol–water partition coefficient (Wildman–Crippen LogP) is 3.45. The third-order valence-corrected chi connectivity index (χ3v) is 4.88. The van der Waals surface area contributed by atoms with Crippen molar-refractivity contribution in [1.29, 1.82) is 0 Å². The molecule has 2 aromatic rings. The number of hydrogen-bond donors (Lipinski definition) is 1. The summed E-state index contributed by atoms with van der Waals surface area (Å²) in [5.41, 5.74) is 1.32. The standard InChI is InChI=1S/C21H26FNO3/c1-25-21-4-2-3-17(13-21)16-9-11-23(12-10-16)14-19(24)15-26-20-7-5-18(22)6-8-20/h2-8,13,16,19,24H,9-12,14-15H2,1H3/t19-/m1/s1. The van der Waals surface area contributed by atoms with Crippen LogP contribution < -0.4 is 9.47 Å². The molecule has 0 aliphatic carbocycles. The molecule has 0 saturated carbocycles. The molecule has 2 aromatic carbocycles. The summed E-state index contributed by atoms with van der Waals surface area (Å²) in [4.78, 5) is 2.27. The van der Waals surface area contributed by atoms with Crippen LogP contribution in [0.3, 0.4) is 0 Å². The van der Waals surface area contributed by atoms with Gasteiger partial charge in [-0.2, -0.15) is 0 Å². The van der Waals surface area contributed by atoms with Gasteiger partial charge in [-0.05, 0) is 73.8 Å². The number of β-amino-alcohol motifs (C(OH)–C–C–N with tert-alkyl or cyclic N) is 1. The highest BCUT2D eigenvalue weighted by Gasteiger charge is 2.22. The Labute approximate surface area is 154 Å². The lowest BCUT2D eigenvalue weighted by atomic mass is 9.89. The van der Waals surface area contributed by atoms with E-state index in [9.17, 15) is 9.50 Å². The fraction of sp³-hybridized carbons (Fsp3) is 0.429. The Morgan fingerprint density at radius 1 is 1.12 bits per heavy atom. The van der Waals surface area contributed by atoms with Crippen LogP contribution in [-0.4, -0.2) is 49.5 Å². The summed E-state index contributed by atoms with van der Waals surface area (Å²) in [7, 11) is 1.69. The Balaban J connectivity index is 1.42. The first-order valence-electron chi connectivity index (χ1n) is 9.07. The van der Waals surface area contributed by atoms with E-state index < -0.39 is 6.10 Å². The summed E-state index contributed by atoms with van der Waals surface area (Å²) in [6.07, 6.45) is 1.57. The summed E-state index contributed by atoms with van der Waals surface area (Å²) in [6, 6.07) is 14.1. The van der Waals surface area contributed by atoms with Gasteiger partial charge in [0, 0.05) is 6.54 Å². The normalized spacial score (nSPS) is 17.0. The SMILES string of the molecule is COc1cccc(C2CCN(C[C@@H](O)COc3ccc(F)cc3)CC2)c1. The molecule has 26 heavy (non-hydrogen) atoms. The maximum atomic E-state index is 12.9. The van der Waals surface area contributed by atoms with Gasteiger partial charge in [-0.25, -0.2) is 4.39 Å². The lowest BCUT2D eigenvalue weighted by Crippen LogP contribution is -2.40. The van der Waals surface area contributed by atoms with Gasteiger partial charge in [-0.15, -0.1) is 0 Å². The molecule has 1 aliphatic rings. The molecule has 0 spiro atoms. The Bertz CT molecular complexity index is 684. The second kappa shape index (κ2) is 9.01. The highest BCUT2D eigenvalue weighted by atomic mass is 19.1. The van der Waals surface area contributed by atoms with E-state index in [1.54, 1.807) is 19.2 Å². The van der Waals surface area contributed by atoms with Gasteiger partial charge in [0.15, 0.2) is 0 Å². The van der Waals surface area contributed by atoms with Crippen LogP contribution >= 0.6 is 0 Å². The number of methoxy groups -OCH3 is 1. The van der Waals surface area contributed by atoms with E-state index in [1.807, 2.05) is 12.1 Å². The van der Waals surface area contributed by atoms with Gasteiger partial charge in [0.2, 0.25) is 0 Å². The van der Waals surface area contributed by atoms with Gasteiger partial charge >= 0.3 is 0 Å². The number of aliphatic hydroxyl groups is 1. The zero-order valence-corrected chi connectivity index (χ0v) is 15.1. The average molecular weight is 359 g/mol. The van der Waals surface area contributed by atoms with Crippen molar-refractivity contribution in [3.63, 3.8) is 0 Å². The van der Waals surface area contributed by atoms with Gasteiger partial charge < -0.3 is 19.5 Å². The van der Waals surface area contributed by atoms with E-state index in [1.165, 1.54) is 17.7 Å². The zero-order valence-electron chi connectivity index (χ0n) is 15.1. The minimum atomic E-state index is -0.562. The highest BCUT2D eigenvalue weighted by molar-refractivity contribution is 5.31. The molecular formula is C21H26FNO3. The minimum absolute atomic E-state index is 0.210. The first-order valence-corrected chi connectivity index (χ1v) is 9.07. The molecule has 4 nitrogen and oxygen atoms in total. The quantitative estimate of drug-likeness (QED) is 0.822. The lowest BCUT2D eigenvalue weighted by Gasteiger charge is -2.33. The van der Waals surface area contributed by atoms with Gasteiger partial charge in [0.1, 0.15) is 30.0 Å². The monoisotopic (exact) mass is 359 g/mol. The number of hydrogen-bond acceptors (Lipinski definition) is 4.